The van der Waals surface area contributed by atoms with E-state index < -0.39 is 17.7 Å². The maximum atomic E-state index is 13.9. The molecule has 0 saturated carbocycles. The van der Waals surface area contributed by atoms with E-state index in [-0.39, 0.29) is 11.3 Å². The number of rotatable bonds is 6. The molecule has 0 aliphatic rings. The quantitative estimate of drug-likeness (QED) is 0.830. The molecule has 0 radical (unpaired) electrons. The molecule has 0 heterocycles. The van der Waals surface area contributed by atoms with Gasteiger partial charge in [-0.25, -0.2) is 4.39 Å². The summed E-state index contributed by atoms with van der Waals surface area (Å²) in [5, 5.41) is 9.13. The largest absolute Gasteiger partial charge is 0.494 e. The highest BCUT2D eigenvalue weighted by Crippen LogP contribution is 2.29. The number of carboxylic acid groups (broad SMARTS) is 1. The highest BCUT2D eigenvalue weighted by Gasteiger charge is 2.24. The van der Waals surface area contributed by atoms with Crippen LogP contribution in [0, 0.1) is 5.82 Å². The summed E-state index contributed by atoms with van der Waals surface area (Å²) in [5.41, 5.74) is 0.199. The smallest absolute Gasteiger partial charge is 0.311 e. The van der Waals surface area contributed by atoms with Crippen molar-refractivity contribution in [2.24, 2.45) is 0 Å². The standard InChI is InChI=1S/C13H17FO3/c1-3-4-6-10(13(15)16)9-7-5-8-11(17-2)12(9)14/h5,7-8,10H,3-4,6H2,1-2H3,(H,15,16). The molecular weight excluding hydrogens is 223 g/mol. The van der Waals surface area contributed by atoms with E-state index in [9.17, 15) is 9.18 Å². The molecule has 1 N–H and O–H groups in total. The summed E-state index contributed by atoms with van der Waals surface area (Å²) < 4.78 is 18.8. The lowest BCUT2D eigenvalue weighted by Crippen LogP contribution is -2.13. The Kier molecular flexibility index (Phi) is 4.94. The second-order valence-electron chi connectivity index (χ2n) is 3.90. The molecule has 0 fully saturated rings. The summed E-state index contributed by atoms with van der Waals surface area (Å²) in [6, 6.07) is 4.60. The summed E-state index contributed by atoms with van der Waals surface area (Å²) >= 11 is 0. The second kappa shape index (κ2) is 6.23. The van der Waals surface area contributed by atoms with E-state index in [1.54, 1.807) is 6.07 Å². The Morgan fingerprint density at radius 2 is 2.24 bits per heavy atom. The molecule has 1 unspecified atom stereocenters. The minimum atomic E-state index is -0.995. The van der Waals surface area contributed by atoms with Gasteiger partial charge in [0.05, 0.1) is 13.0 Å². The summed E-state index contributed by atoms with van der Waals surface area (Å²) in [4.78, 5) is 11.2. The lowest BCUT2D eigenvalue weighted by molar-refractivity contribution is -0.139. The Balaban J connectivity index is 3.05. The van der Waals surface area contributed by atoms with Gasteiger partial charge in [-0.3, -0.25) is 4.79 Å². The number of hydrogen-bond donors (Lipinski definition) is 1. The zero-order valence-corrected chi connectivity index (χ0v) is 10.1. The van der Waals surface area contributed by atoms with E-state index in [1.807, 2.05) is 6.92 Å². The molecule has 94 valence electrons. The third-order valence-corrected chi connectivity index (χ3v) is 2.73. The number of unbranched alkanes of at least 4 members (excludes halogenated alkanes) is 1. The number of halogens is 1. The lowest BCUT2D eigenvalue weighted by atomic mass is 9.93. The second-order valence-corrected chi connectivity index (χ2v) is 3.90. The van der Waals surface area contributed by atoms with Gasteiger partial charge < -0.3 is 9.84 Å². The summed E-state index contributed by atoms with van der Waals surface area (Å²) in [6.45, 7) is 1.97. The number of hydrogen-bond acceptors (Lipinski definition) is 2. The van der Waals surface area contributed by atoms with Crippen molar-refractivity contribution in [1.29, 1.82) is 0 Å². The average Bonchev–Trinajstić information content (AvgIpc) is 2.31. The van der Waals surface area contributed by atoms with Gasteiger partial charge in [0.15, 0.2) is 11.6 Å². The first kappa shape index (κ1) is 13.5. The van der Waals surface area contributed by atoms with Crippen LogP contribution in [-0.4, -0.2) is 18.2 Å². The Morgan fingerprint density at radius 3 is 2.76 bits per heavy atom. The first-order valence-electron chi connectivity index (χ1n) is 5.67. The van der Waals surface area contributed by atoms with Crippen molar-refractivity contribution in [3.63, 3.8) is 0 Å². The van der Waals surface area contributed by atoms with Crippen LogP contribution in [0.25, 0.3) is 0 Å². The van der Waals surface area contributed by atoms with Gasteiger partial charge in [0.2, 0.25) is 0 Å². The number of ether oxygens (including phenoxy) is 1. The van der Waals surface area contributed by atoms with Crippen LogP contribution in [0.3, 0.4) is 0 Å². The summed E-state index contributed by atoms with van der Waals surface area (Å²) in [7, 11) is 1.37. The van der Waals surface area contributed by atoms with Crippen molar-refractivity contribution < 1.29 is 19.0 Å². The van der Waals surface area contributed by atoms with Crippen LogP contribution in [0.4, 0.5) is 4.39 Å². The van der Waals surface area contributed by atoms with Crippen LogP contribution in [0.1, 0.15) is 37.7 Å². The van der Waals surface area contributed by atoms with Gasteiger partial charge in [0, 0.05) is 5.56 Å². The minimum absolute atomic E-state index is 0.0882. The van der Waals surface area contributed by atoms with E-state index in [2.05, 4.69) is 0 Å². The van der Waals surface area contributed by atoms with Crippen molar-refractivity contribution in [1.82, 2.24) is 0 Å². The van der Waals surface area contributed by atoms with Gasteiger partial charge >= 0.3 is 5.97 Å². The average molecular weight is 240 g/mol. The van der Waals surface area contributed by atoms with Crippen LogP contribution >= 0.6 is 0 Å². The van der Waals surface area contributed by atoms with Crippen LogP contribution in [0.15, 0.2) is 18.2 Å². The molecule has 0 bridgehead atoms. The highest BCUT2D eigenvalue weighted by molar-refractivity contribution is 5.76. The van der Waals surface area contributed by atoms with Gasteiger partial charge in [-0.1, -0.05) is 31.9 Å². The molecule has 17 heavy (non-hydrogen) atoms. The number of carbonyl (C=O) groups is 1. The number of carboxylic acids is 1. The number of benzene rings is 1. The fourth-order valence-electron chi connectivity index (χ4n) is 1.77. The molecule has 0 spiro atoms. The maximum absolute atomic E-state index is 13.9. The predicted octanol–water partition coefficient (Wildman–Crippen LogP) is 3.19. The molecule has 0 aliphatic heterocycles. The highest BCUT2D eigenvalue weighted by atomic mass is 19.1. The van der Waals surface area contributed by atoms with Gasteiger partial charge in [-0.05, 0) is 12.5 Å². The maximum Gasteiger partial charge on any atom is 0.311 e. The summed E-state index contributed by atoms with van der Waals surface area (Å²) in [5.74, 6) is -2.28. The Labute approximate surface area is 100 Å². The van der Waals surface area contributed by atoms with E-state index in [0.717, 1.165) is 12.8 Å². The predicted molar refractivity (Wildman–Crippen MR) is 62.9 cm³/mol. The van der Waals surface area contributed by atoms with Crippen molar-refractivity contribution in [3.05, 3.63) is 29.6 Å². The third-order valence-electron chi connectivity index (χ3n) is 2.73. The molecule has 0 saturated heterocycles. The van der Waals surface area contributed by atoms with E-state index in [4.69, 9.17) is 9.84 Å². The van der Waals surface area contributed by atoms with Crippen LogP contribution in [0.5, 0.6) is 5.75 Å². The topological polar surface area (TPSA) is 46.5 Å². The molecule has 1 aromatic rings. The summed E-state index contributed by atoms with van der Waals surface area (Å²) in [6.07, 6.45) is 2.08. The molecular formula is C13H17FO3. The normalized spacial score (nSPS) is 12.2. The van der Waals surface area contributed by atoms with Crippen molar-refractivity contribution >= 4 is 5.97 Å². The zero-order chi connectivity index (χ0) is 12.8. The molecule has 0 aliphatic carbocycles. The molecule has 1 rings (SSSR count). The molecule has 0 amide bonds. The van der Waals surface area contributed by atoms with E-state index in [0.29, 0.717) is 6.42 Å². The fourth-order valence-corrected chi connectivity index (χ4v) is 1.77. The van der Waals surface area contributed by atoms with Crippen LogP contribution in [0.2, 0.25) is 0 Å². The molecule has 0 aromatic heterocycles. The van der Waals surface area contributed by atoms with E-state index >= 15 is 0 Å². The van der Waals surface area contributed by atoms with Crippen molar-refractivity contribution in [2.45, 2.75) is 32.1 Å². The van der Waals surface area contributed by atoms with Gasteiger partial charge in [0.25, 0.3) is 0 Å². The molecule has 1 atom stereocenters. The zero-order valence-electron chi connectivity index (χ0n) is 10.1. The first-order valence-corrected chi connectivity index (χ1v) is 5.67. The molecule has 4 heteroatoms. The minimum Gasteiger partial charge on any atom is -0.494 e. The monoisotopic (exact) mass is 240 g/mol. The van der Waals surface area contributed by atoms with Crippen LogP contribution < -0.4 is 4.74 Å². The SMILES string of the molecule is CCCCC(C(=O)O)c1cccc(OC)c1F. The number of aliphatic carboxylic acids is 1. The molecule has 1 aromatic carbocycles. The Hall–Kier alpha value is -1.58. The first-order chi connectivity index (χ1) is 8.11. The third kappa shape index (κ3) is 3.19. The fraction of sp³-hybridized carbons (Fsp3) is 0.462. The lowest BCUT2D eigenvalue weighted by Gasteiger charge is -2.14. The number of methoxy groups -OCH3 is 1. The van der Waals surface area contributed by atoms with Gasteiger partial charge in [0.1, 0.15) is 0 Å². The van der Waals surface area contributed by atoms with E-state index in [1.165, 1.54) is 19.2 Å². The van der Waals surface area contributed by atoms with Crippen molar-refractivity contribution in [3.8, 4) is 5.75 Å². The molecule has 3 nitrogen and oxygen atoms in total. The Morgan fingerprint density at radius 1 is 1.53 bits per heavy atom. The van der Waals surface area contributed by atoms with Crippen molar-refractivity contribution in [2.75, 3.05) is 7.11 Å². The van der Waals surface area contributed by atoms with Gasteiger partial charge in [-0.15, -0.1) is 0 Å². The Bertz CT molecular complexity index is 390. The van der Waals surface area contributed by atoms with Crippen LogP contribution in [-0.2, 0) is 4.79 Å². The van der Waals surface area contributed by atoms with Gasteiger partial charge in [-0.2, -0.15) is 0 Å².